The summed E-state index contributed by atoms with van der Waals surface area (Å²) in [6.07, 6.45) is 3.35. The molecule has 1 aromatic heterocycles. The minimum absolute atomic E-state index is 0.319. The van der Waals surface area contributed by atoms with Gasteiger partial charge in [0.1, 0.15) is 12.0 Å². The number of aldehydes is 1. The molecule has 0 atom stereocenters. The van der Waals surface area contributed by atoms with Gasteiger partial charge >= 0.3 is 0 Å². The topological polar surface area (TPSA) is 30.2 Å². The maximum atomic E-state index is 9.91. The summed E-state index contributed by atoms with van der Waals surface area (Å²) in [6, 6.07) is 3.39. The summed E-state index contributed by atoms with van der Waals surface area (Å²) in [5.74, 6) is 0.508. The minimum Gasteiger partial charge on any atom is -0.463 e. The van der Waals surface area contributed by atoms with Gasteiger partial charge in [0.25, 0.3) is 0 Å². The highest BCUT2D eigenvalue weighted by atomic mass is 35.5. The van der Waals surface area contributed by atoms with E-state index in [2.05, 4.69) is 0 Å². The number of allylic oxidation sites excluding steroid dienone is 1. The van der Waals surface area contributed by atoms with Crippen LogP contribution in [-0.2, 0) is 4.79 Å². The lowest BCUT2D eigenvalue weighted by Gasteiger charge is -1.86. The highest BCUT2D eigenvalue weighted by Crippen LogP contribution is 2.17. The van der Waals surface area contributed by atoms with Crippen molar-refractivity contribution in [2.75, 3.05) is 0 Å². The Morgan fingerprint density at radius 1 is 1.70 bits per heavy atom. The quantitative estimate of drug-likeness (QED) is 0.485. The van der Waals surface area contributed by atoms with Gasteiger partial charge in [-0.1, -0.05) is 11.6 Å². The molecule has 0 saturated carbocycles. The van der Waals surface area contributed by atoms with E-state index in [1.165, 1.54) is 12.3 Å². The number of hydrogen-bond donors (Lipinski definition) is 0. The molecule has 1 heterocycles. The second-order valence-corrected chi connectivity index (χ2v) is 2.04. The Bertz CT molecular complexity index is 236. The number of furan rings is 1. The van der Waals surface area contributed by atoms with Crippen molar-refractivity contribution in [2.45, 2.75) is 0 Å². The zero-order chi connectivity index (χ0) is 7.40. The van der Waals surface area contributed by atoms with Crippen LogP contribution in [-0.4, -0.2) is 6.29 Å². The number of hydrogen-bond acceptors (Lipinski definition) is 2. The highest BCUT2D eigenvalue weighted by Gasteiger charge is 1.97. The summed E-state index contributed by atoms with van der Waals surface area (Å²) < 4.78 is 4.89. The van der Waals surface area contributed by atoms with Crippen molar-refractivity contribution in [3.8, 4) is 0 Å². The SMILES string of the molecule is O=CC=C(Cl)c1ccco1. The van der Waals surface area contributed by atoms with E-state index in [-0.39, 0.29) is 0 Å². The van der Waals surface area contributed by atoms with E-state index in [9.17, 15) is 4.79 Å². The Morgan fingerprint density at radius 3 is 3.00 bits per heavy atom. The van der Waals surface area contributed by atoms with Gasteiger partial charge in [-0.15, -0.1) is 0 Å². The minimum atomic E-state index is 0.319. The Morgan fingerprint density at radius 2 is 2.50 bits per heavy atom. The lowest BCUT2D eigenvalue weighted by molar-refractivity contribution is -0.104. The third-order valence-electron chi connectivity index (χ3n) is 0.971. The molecular weight excluding hydrogens is 152 g/mol. The van der Waals surface area contributed by atoms with Crippen molar-refractivity contribution < 1.29 is 9.21 Å². The summed E-state index contributed by atoms with van der Waals surface area (Å²) in [7, 11) is 0. The molecular formula is C7H5ClO2. The van der Waals surface area contributed by atoms with Gasteiger partial charge in [0, 0.05) is 6.08 Å². The Labute approximate surface area is 63.1 Å². The van der Waals surface area contributed by atoms with Crippen molar-refractivity contribution in [3.63, 3.8) is 0 Å². The van der Waals surface area contributed by atoms with Gasteiger partial charge < -0.3 is 4.42 Å². The lowest BCUT2D eigenvalue weighted by atomic mass is 10.4. The predicted molar refractivity (Wildman–Crippen MR) is 38.6 cm³/mol. The van der Waals surface area contributed by atoms with Gasteiger partial charge in [0.2, 0.25) is 0 Å². The van der Waals surface area contributed by atoms with Crippen LogP contribution in [0.4, 0.5) is 0 Å². The largest absolute Gasteiger partial charge is 0.463 e. The molecule has 0 aliphatic heterocycles. The summed E-state index contributed by atoms with van der Waals surface area (Å²) in [6.45, 7) is 0. The third-order valence-corrected chi connectivity index (χ3v) is 1.28. The van der Waals surface area contributed by atoms with E-state index in [0.29, 0.717) is 17.1 Å². The molecule has 1 aromatic rings. The van der Waals surface area contributed by atoms with Gasteiger partial charge in [0.15, 0.2) is 0 Å². The van der Waals surface area contributed by atoms with Crippen LogP contribution < -0.4 is 0 Å². The Balaban J connectivity index is 2.86. The smallest absolute Gasteiger partial charge is 0.145 e. The van der Waals surface area contributed by atoms with E-state index >= 15 is 0 Å². The second-order valence-electron chi connectivity index (χ2n) is 1.63. The summed E-state index contributed by atoms with van der Waals surface area (Å²) in [4.78, 5) is 9.91. The number of carbonyl (C=O) groups excluding carboxylic acids is 1. The van der Waals surface area contributed by atoms with E-state index in [4.69, 9.17) is 16.0 Å². The average molecular weight is 157 g/mol. The molecule has 0 unspecified atom stereocenters. The molecule has 52 valence electrons. The maximum Gasteiger partial charge on any atom is 0.145 e. The van der Waals surface area contributed by atoms with Crippen molar-refractivity contribution in [1.82, 2.24) is 0 Å². The fourth-order valence-electron chi connectivity index (χ4n) is 0.556. The van der Waals surface area contributed by atoms with Gasteiger partial charge in [0.05, 0.1) is 11.3 Å². The first-order valence-corrected chi connectivity index (χ1v) is 3.07. The van der Waals surface area contributed by atoms with Gasteiger partial charge in [-0.05, 0) is 12.1 Å². The third kappa shape index (κ3) is 1.48. The lowest BCUT2D eigenvalue weighted by Crippen LogP contribution is -1.69. The molecule has 0 spiro atoms. The molecule has 0 aliphatic carbocycles. The van der Waals surface area contributed by atoms with Crippen LogP contribution in [0.25, 0.3) is 5.03 Å². The Hall–Kier alpha value is -1.02. The Kier molecular flexibility index (Phi) is 2.29. The van der Waals surface area contributed by atoms with Crippen LogP contribution in [0.3, 0.4) is 0 Å². The van der Waals surface area contributed by atoms with Crippen LogP contribution in [0.2, 0.25) is 0 Å². The molecule has 10 heavy (non-hydrogen) atoms. The molecule has 0 aromatic carbocycles. The van der Waals surface area contributed by atoms with E-state index in [1.54, 1.807) is 12.1 Å². The monoisotopic (exact) mass is 156 g/mol. The van der Waals surface area contributed by atoms with Crippen molar-refractivity contribution in [3.05, 3.63) is 30.2 Å². The second kappa shape index (κ2) is 3.22. The van der Waals surface area contributed by atoms with E-state index in [0.717, 1.165) is 0 Å². The van der Waals surface area contributed by atoms with Gasteiger partial charge in [-0.3, -0.25) is 4.79 Å². The number of halogens is 1. The molecule has 0 aliphatic rings. The van der Waals surface area contributed by atoms with Crippen molar-refractivity contribution in [1.29, 1.82) is 0 Å². The van der Waals surface area contributed by atoms with Crippen LogP contribution in [0, 0.1) is 0 Å². The van der Waals surface area contributed by atoms with Crippen LogP contribution in [0.5, 0.6) is 0 Å². The first-order valence-electron chi connectivity index (χ1n) is 2.69. The fourth-order valence-corrected chi connectivity index (χ4v) is 0.715. The average Bonchev–Trinajstić information content (AvgIpc) is 2.38. The first kappa shape index (κ1) is 7.09. The summed E-state index contributed by atoms with van der Waals surface area (Å²) in [5, 5.41) is 0.319. The van der Waals surface area contributed by atoms with Gasteiger partial charge in [-0.2, -0.15) is 0 Å². The fraction of sp³-hybridized carbons (Fsp3) is 0. The number of rotatable bonds is 2. The molecule has 2 nitrogen and oxygen atoms in total. The first-order chi connectivity index (χ1) is 4.84. The number of carbonyl (C=O) groups is 1. The molecule has 0 amide bonds. The van der Waals surface area contributed by atoms with Crippen LogP contribution >= 0.6 is 11.6 Å². The van der Waals surface area contributed by atoms with Crippen molar-refractivity contribution in [2.24, 2.45) is 0 Å². The molecule has 1 rings (SSSR count). The zero-order valence-electron chi connectivity index (χ0n) is 5.08. The molecule has 0 radical (unpaired) electrons. The maximum absolute atomic E-state index is 9.91. The van der Waals surface area contributed by atoms with E-state index in [1.807, 2.05) is 0 Å². The normalized spacial score (nSPS) is 11.5. The molecule has 0 saturated heterocycles. The summed E-state index contributed by atoms with van der Waals surface area (Å²) >= 11 is 5.58. The van der Waals surface area contributed by atoms with E-state index < -0.39 is 0 Å². The molecule has 0 N–H and O–H groups in total. The molecule has 0 fully saturated rings. The van der Waals surface area contributed by atoms with Gasteiger partial charge in [-0.25, -0.2) is 0 Å². The predicted octanol–water partition coefficient (Wildman–Crippen LogP) is 2.06. The highest BCUT2D eigenvalue weighted by molar-refractivity contribution is 6.49. The van der Waals surface area contributed by atoms with Crippen molar-refractivity contribution >= 4 is 22.9 Å². The standard InChI is InChI=1S/C7H5ClO2/c8-6(3-4-9)7-2-1-5-10-7/h1-5H. The zero-order valence-corrected chi connectivity index (χ0v) is 5.84. The summed E-state index contributed by atoms with van der Waals surface area (Å²) in [5.41, 5.74) is 0. The van der Waals surface area contributed by atoms with Crippen LogP contribution in [0.1, 0.15) is 5.76 Å². The van der Waals surface area contributed by atoms with Crippen LogP contribution in [0.15, 0.2) is 28.9 Å². The molecule has 3 heteroatoms. The molecule has 0 bridgehead atoms.